The van der Waals surface area contributed by atoms with Crippen molar-refractivity contribution >= 4 is 11.6 Å². The number of halogens is 1. The Morgan fingerprint density at radius 3 is 2.56 bits per heavy atom. The molecule has 0 saturated heterocycles. The Kier molecular flexibility index (Phi) is 5.87. The number of anilines is 1. The summed E-state index contributed by atoms with van der Waals surface area (Å²) in [7, 11) is 0. The topological polar surface area (TPSA) is 64.9 Å². The van der Waals surface area contributed by atoms with Gasteiger partial charge in [0, 0.05) is 11.9 Å². The fraction of sp³-hybridized carbons (Fsp3) is 0.273. The average Bonchev–Trinajstić information content (AvgIpc) is 2.69. The van der Waals surface area contributed by atoms with Crippen molar-refractivity contribution in [2.75, 3.05) is 5.32 Å². The highest BCUT2D eigenvalue weighted by Gasteiger charge is 2.16. The Balaban J connectivity index is 1.66. The summed E-state index contributed by atoms with van der Waals surface area (Å²) in [5, 5.41) is 15.0. The van der Waals surface area contributed by atoms with Crippen molar-refractivity contribution in [1.82, 2.24) is 5.32 Å². The van der Waals surface area contributed by atoms with Gasteiger partial charge < -0.3 is 10.6 Å². The van der Waals surface area contributed by atoms with E-state index in [1.165, 1.54) is 54.4 Å². The molecule has 0 bridgehead atoms. The quantitative estimate of drug-likeness (QED) is 0.611. The number of aryl methyl sites for hydroxylation is 2. The number of amides is 1. The SMILES string of the molecule is CC(NC(=O)/C(C#N)=C\Nc1ccc(F)cc1)c1ccc2c(c1)CCCC2. The number of nitrogens with one attached hydrogen (secondary N) is 2. The Bertz CT molecular complexity index is 897. The van der Waals surface area contributed by atoms with Crippen molar-refractivity contribution < 1.29 is 9.18 Å². The molecule has 27 heavy (non-hydrogen) atoms. The number of hydrogen-bond acceptors (Lipinski definition) is 3. The van der Waals surface area contributed by atoms with Crippen LogP contribution in [0.1, 0.15) is 42.5 Å². The van der Waals surface area contributed by atoms with Gasteiger partial charge in [-0.25, -0.2) is 4.39 Å². The van der Waals surface area contributed by atoms with Crippen molar-refractivity contribution in [1.29, 1.82) is 5.26 Å². The van der Waals surface area contributed by atoms with E-state index >= 15 is 0 Å². The molecule has 3 rings (SSSR count). The zero-order valence-corrected chi connectivity index (χ0v) is 15.3. The molecular formula is C22H22FN3O. The molecule has 5 heteroatoms. The lowest BCUT2D eigenvalue weighted by Gasteiger charge is -2.20. The van der Waals surface area contributed by atoms with Crippen LogP contribution in [0, 0.1) is 17.1 Å². The van der Waals surface area contributed by atoms with E-state index in [-0.39, 0.29) is 17.4 Å². The van der Waals surface area contributed by atoms with Gasteiger partial charge in [0.25, 0.3) is 5.91 Å². The maximum Gasteiger partial charge on any atom is 0.263 e. The van der Waals surface area contributed by atoms with Gasteiger partial charge in [0.15, 0.2) is 0 Å². The Hall–Kier alpha value is -3.13. The van der Waals surface area contributed by atoms with E-state index in [0.29, 0.717) is 5.69 Å². The third kappa shape index (κ3) is 4.73. The van der Waals surface area contributed by atoms with Crippen molar-refractivity contribution in [3.63, 3.8) is 0 Å². The fourth-order valence-electron chi connectivity index (χ4n) is 3.23. The number of nitriles is 1. The smallest absolute Gasteiger partial charge is 0.263 e. The monoisotopic (exact) mass is 363 g/mol. The molecule has 0 spiro atoms. The molecule has 1 unspecified atom stereocenters. The molecule has 1 atom stereocenters. The Morgan fingerprint density at radius 2 is 1.85 bits per heavy atom. The molecular weight excluding hydrogens is 341 g/mol. The average molecular weight is 363 g/mol. The highest BCUT2D eigenvalue weighted by Crippen LogP contribution is 2.25. The fourth-order valence-corrected chi connectivity index (χ4v) is 3.23. The van der Waals surface area contributed by atoms with Crippen LogP contribution in [0.3, 0.4) is 0 Å². The highest BCUT2D eigenvalue weighted by molar-refractivity contribution is 5.97. The van der Waals surface area contributed by atoms with Crippen molar-refractivity contribution in [2.24, 2.45) is 0 Å². The minimum absolute atomic E-state index is 0.0378. The summed E-state index contributed by atoms with van der Waals surface area (Å²) in [6.45, 7) is 1.91. The summed E-state index contributed by atoms with van der Waals surface area (Å²) >= 11 is 0. The van der Waals surface area contributed by atoms with Crippen LogP contribution in [0.2, 0.25) is 0 Å². The third-order valence-electron chi connectivity index (χ3n) is 4.81. The van der Waals surface area contributed by atoms with E-state index in [0.717, 1.165) is 18.4 Å². The molecule has 0 fully saturated rings. The van der Waals surface area contributed by atoms with Gasteiger partial charge in [-0.1, -0.05) is 18.2 Å². The first-order valence-corrected chi connectivity index (χ1v) is 9.12. The third-order valence-corrected chi connectivity index (χ3v) is 4.81. The predicted octanol–water partition coefficient (Wildman–Crippen LogP) is 4.40. The van der Waals surface area contributed by atoms with Gasteiger partial charge in [0.05, 0.1) is 6.04 Å². The van der Waals surface area contributed by atoms with Crippen LogP contribution in [0.4, 0.5) is 10.1 Å². The molecule has 1 aliphatic carbocycles. The van der Waals surface area contributed by atoms with Crippen LogP contribution in [-0.2, 0) is 17.6 Å². The van der Waals surface area contributed by atoms with E-state index in [4.69, 9.17) is 0 Å². The minimum Gasteiger partial charge on any atom is -0.360 e. The maximum atomic E-state index is 12.9. The lowest BCUT2D eigenvalue weighted by atomic mass is 9.89. The van der Waals surface area contributed by atoms with E-state index in [1.807, 2.05) is 19.1 Å². The zero-order chi connectivity index (χ0) is 19.2. The summed E-state index contributed by atoms with van der Waals surface area (Å²) in [5.41, 5.74) is 4.34. The number of benzene rings is 2. The van der Waals surface area contributed by atoms with Gasteiger partial charge >= 0.3 is 0 Å². The van der Waals surface area contributed by atoms with Crippen molar-refractivity contribution in [3.8, 4) is 6.07 Å². The van der Waals surface area contributed by atoms with Gasteiger partial charge in [-0.05, 0) is 73.6 Å². The summed E-state index contributed by atoms with van der Waals surface area (Å²) in [6.07, 6.45) is 5.97. The largest absolute Gasteiger partial charge is 0.360 e. The van der Waals surface area contributed by atoms with E-state index in [1.54, 1.807) is 0 Å². The van der Waals surface area contributed by atoms with Crippen LogP contribution in [0.25, 0.3) is 0 Å². The molecule has 2 aromatic carbocycles. The van der Waals surface area contributed by atoms with Crippen LogP contribution in [0.15, 0.2) is 54.2 Å². The maximum absolute atomic E-state index is 12.9. The molecule has 2 aromatic rings. The predicted molar refractivity (Wildman–Crippen MR) is 103 cm³/mol. The second-order valence-corrected chi connectivity index (χ2v) is 6.75. The number of hydrogen-bond donors (Lipinski definition) is 2. The van der Waals surface area contributed by atoms with E-state index < -0.39 is 5.91 Å². The van der Waals surface area contributed by atoms with E-state index in [9.17, 15) is 14.4 Å². The number of carbonyl (C=O) groups excluding carboxylic acids is 1. The normalized spacial score (nSPS) is 14.6. The van der Waals surface area contributed by atoms with Gasteiger partial charge in [0.2, 0.25) is 0 Å². The van der Waals surface area contributed by atoms with Crippen LogP contribution in [0.5, 0.6) is 0 Å². The Labute approximate surface area is 158 Å². The summed E-state index contributed by atoms with van der Waals surface area (Å²) in [5.74, 6) is -0.793. The highest BCUT2D eigenvalue weighted by atomic mass is 19.1. The van der Waals surface area contributed by atoms with E-state index in [2.05, 4.69) is 22.8 Å². The standard InChI is InChI=1S/C22H22FN3O/c1-15(17-7-6-16-4-2-3-5-18(16)12-17)26-22(27)19(13-24)14-25-21-10-8-20(23)9-11-21/h6-12,14-15,25H,2-5H2,1H3,(H,26,27)/b19-14-. The zero-order valence-electron chi connectivity index (χ0n) is 15.3. The molecule has 2 N–H and O–H groups in total. The number of fused-ring (bicyclic) bond motifs is 1. The molecule has 0 saturated carbocycles. The van der Waals surface area contributed by atoms with Crippen LogP contribution < -0.4 is 10.6 Å². The minimum atomic E-state index is -0.447. The Morgan fingerprint density at radius 1 is 1.15 bits per heavy atom. The molecule has 0 aliphatic heterocycles. The first kappa shape index (κ1) is 18.7. The van der Waals surface area contributed by atoms with Gasteiger partial charge in [0.1, 0.15) is 17.5 Å². The molecule has 1 aliphatic rings. The first-order chi connectivity index (χ1) is 13.1. The number of nitrogens with zero attached hydrogens (tertiary/aromatic N) is 1. The summed E-state index contributed by atoms with van der Waals surface area (Å²) in [4.78, 5) is 12.4. The van der Waals surface area contributed by atoms with Crippen LogP contribution >= 0.6 is 0 Å². The number of rotatable bonds is 5. The first-order valence-electron chi connectivity index (χ1n) is 9.12. The lowest BCUT2D eigenvalue weighted by Crippen LogP contribution is -2.28. The molecule has 4 nitrogen and oxygen atoms in total. The molecule has 1 amide bonds. The summed E-state index contributed by atoms with van der Waals surface area (Å²) in [6, 6.07) is 13.7. The molecule has 0 heterocycles. The molecule has 0 radical (unpaired) electrons. The van der Waals surface area contributed by atoms with Gasteiger partial charge in [-0.15, -0.1) is 0 Å². The lowest BCUT2D eigenvalue weighted by molar-refractivity contribution is -0.117. The van der Waals surface area contributed by atoms with Gasteiger partial charge in [-0.3, -0.25) is 4.79 Å². The summed E-state index contributed by atoms with van der Waals surface area (Å²) < 4.78 is 12.9. The van der Waals surface area contributed by atoms with Crippen molar-refractivity contribution in [3.05, 3.63) is 76.7 Å². The second-order valence-electron chi connectivity index (χ2n) is 6.75. The number of carbonyl (C=O) groups is 1. The molecule has 138 valence electrons. The molecule has 0 aromatic heterocycles. The van der Waals surface area contributed by atoms with Crippen LogP contribution in [-0.4, -0.2) is 5.91 Å². The van der Waals surface area contributed by atoms with Crippen molar-refractivity contribution in [2.45, 2.75) is 38.6 Å². The second kappa shape index (κ2) is 8.50. The van der Waals surface area contributed by atoms with Gasteiger partial charge in [-0.2, -0.15) is 5.26 Å².